The van der Waals surface area contributed by atoms with Crippen molar-refractivity contribution >= 4 is 115 Å². The van der Waals surface area contributed by atoms with E-state index in [4.69, 9.17) is 28.4 Å². The lowest BCUT2D eigenvalue weighted by molar-refractivity contribution is -0.385. The van der Waals surface area contributed by atoms with Gasteiger partial charge in [0.15, 0.2) is 0 Å². The number of likely N-dealkylation sites (tertiary alicyclic amines) is 2. The average molecular weight is 1620 g/mol. The number of carbonyl (C=O) groups is 10. The number of nitro benzene ring substituents is 6. The van der Waals surface area contributed by atoms with Crippen LogP contribution in [-0.4, -0.2) is 146 Å². The maximum absolute atomic E-state index is 14.8. The molecule has 2 heterocycles. The molecule has 2 saturated heterocycles. The first-order valence-electron chi connectivity index (χ1n) is 34.8. The van der Waals surface area contributed by atoms with E-state index in [1.54, 1.807) is 27.7 Å². The number of nitrogens with zero attached hydrogens (tertiary/aromatic N) is 8. The molecule has 8 rings (SSSR count). The smallest absolute Gasteiger partial charge is 0.408 e. The predicted molar refractivity (Wildman–Crippen MR) is 397 cm³/mol. The summed E-state index contributed by atoms with van der Waals surface area (Å²) in [6, 6.07) is 21.0. The van der Waals surface area contributed by atoms with Crippen molar-refractivity contribution in [1.82, 2.24) is 31.1 Å². The van der Waals surface area contributed by atoms with Crippen molar-refractivity contribution in [3.63, 3.8) is 0 Å². The van der Waals surface area contributed by atoms with Crippen LogP contribution >= 0.6 is 21.6 Å². The summed E-state index contributed by atoms with van der Waals surface area (Å²) in [7, 11) is 1.62. The van der Waals surface area contributed by atoms with Gasteiger partial charge < -0.3 is 59.5 Å². The highest BCUT2D eigenvalue weighted by molar-refractivity contribution is 8.77. The second-order valence-electron chi connectivity index (χ2n) is 26.2. The topological polar surface area (TPSA) is 540 Å². The summed E-state index contributed by atoms with van der Waals surface area (Å²) >= 11 is 0. The standard InChI is InChI=1S/C72H74N12O28S2/c1-41(2)61(69(91)109-37-45-15-27-51(28-16-45)81(99)100)77-63(87)59(75-57(85)9-5-7-55(67(89)107-35-43-11-23-49(24-12-43)79(95)96)73-71(93)111-39-47-19-31-53(32-20-47)83(103)104)65(77)113-114-66-60(64(88)78(66)62(42(3)4)70(92)110-38-46-17-29-52(30-18-46)82(101)102)76-58(86)10-6-8-56(68(90)108-36-44-13-25-50(26-14-44)80(97)98)74-72(94)112-40-48-21-33-54(34-22-48)84(105)106/h11-34,41-42,55-56,59-62,65-66H,5-10,35-40H2,1-4H3,(H,73,93)(H,74,94)(H,75,85)(H,76,86)/t55-,56-,59+,60+,61+,62+,65+,66+/m0/s1. The van der Waals surface area contributed by atoms with Gasteiger partial charge in [-0.25, -0.2) is 28.8 Å². The summed E-state index contributed by atoms with van der Waals surface area (Å²) in [4.78, 5) is 207. The van der Waals surface area contributed by atoms with E-state index in [-0.39, 0.29) is 59.8 Å². The highest BCUT2D eigenvalue weighted by Gasteiger charge is 2.58. The van der Waals surface area contributed by atoms with Crippen molar-refractivity contribution < 1.29 is 106 Å². The quantitative estimate of drug-likeness (QED) is 0.00694. The molecular formula is C72H74N12O28S2. The number of hydrogen-bond donors (Lipinski definition) is 4. The van der Waals surface area contributed by atoms with Gasteiger partial charge in [-0.2, -0.15) is 0 Å². The third-order valence-electron chi connectivity index (χ3n) is 17.5. The molecular weight excluding hydrogens is 1540 g/mol. The van der Waals surface area contributed by atoms with E-state index in [2.05, 4.69) is 21.3 Å². The summed E-state index contributed by atoms with van der Waals surface area (Å²) in [5.74, 6) is -8.94. The summed E-state index contributed by atoms with van der Waals surface area (Å²) in [5.41, 5.74) is 0.372. The van der Waals surface area contributed by atoms with Crippen LogP contribution in [0.5, 0.6) is 0 Å². The molecule has 2 aliphatic rings. The highest BCUT2D eigenvalue weighted by Crippen LogP contribution is 2.48. The van der Waals surface area contributed by atoms with Crippen molar-refractivity contribution in [3.05, 3.63) is 240 Å². The fraction of sp³-hybridized carbons (Fsp3) is 0.361. The van der Waals surface area contributed by atoms with Crippen molar-refractivity contribution in [2.24, 2.45) is 11.8 Å². The fourth-order valence-corrected chi connectivity index (χ4v) is 14.8. The number of nitro groups is 6. The molecule has 8 atom stereocenters. The molecule has 42 heteroatoms. The van der Waals surface area contributed by atoms with E-state index in [1.165, 1.54) is 146 Å². The molecule has 4 N–H and O–H groups in total. The molecule has 0 bridgehead atoms. The minimum atomic E-state index is -1.54. The number of hydrogen-bond acceptors (Lipinski definition) is 30. The number of non-ortho nitro benzene ring substituents is 6. The molecule has 2 aliphatic heterocycles. The molecule has 0 spiro atoms. The van der Waals surface area contributed by atoms with Crippen LogP contribution in [0, 0.1) is 72.5 Å². The summed E-state index contributed by atoms with van der Waals surface area (Å²) < 4.78 is 32.9. The molecule has 0 aromatic heterocycles. The molecule has 6 aromatic rings. The predicted octanol–water partition coefficient (Wildman–Crippen LogP) is 9.08. The minimum absolute atomic E-state index is 0.228. The first-order chi connectivity index (χ1) is 54.3. The largest absolute Gasteiger partial charge is 0.459 e. The van der Waals surface area contributed by atoms with Crippen molar-refractivity contribution in [2.45, 2.75) is 153 Å². The van der Waals surface area contributed by atoms with Crippen LogP contribution in [0.2, 0.25) is 0 Å². The number of β-lactam (4-membered cyclic amide) rings is 2. The molecule has 6 aromatic carbocycles. The van der Waals surface area contributed by atoms with E-state index in [9.17, 15) is 109 Å². The SMILES string of the molecule is CC(C)[C@H](C(=O)OCc1ccc([N+](=O)[O-])cc1)N1C(=O)[C@@H](NC(=O)CCC[C@H](NC(=O)OCc2ccc([N+](=O)[O-])cc2)C(=O)OCc2ccc([N+](=O)[O-])cc2)[C@H]1SS[C@@H]1[C@H](NC(=O)CCC[C@H](NC(=O)OCc2ccc([N+](=O)[O-])cc2)C(=O)OCc2ccc([N+](=O)[O-])cc2)C(=O)N1[C@@H](C(=O)OCc1ccc([N+](=O)[O-])cc1)C(C)C. The maximum Gasteiger partial charge on any atom is 0.408 e. The van der Waals surface area contributed by atoms with Gasteiger partial charge in [-0.1, -0.05) is 49.3 Å². The van der Waals surface area contributed by atoms with Gasteiger partial charge in [0.05, 0.1) is 29.5 Å². The summed E-state index contributed by atoms with van der Waals surface area (Å²) in [5, 5.41) is 75.3. The maximum atomic E-state index is 14.8. The lowest BCUT2D eigenvalue weighted by Gasteiger charge is -2.53. The number of ether oxygens (including phenoxy) is 6. The van der Waals surface area contributed by atoms with Crippen LogP contribution in [0.25, 0.3) is 0 Å². The first kappa shape index (κ1) is 86.3. The van der Waals surface area contributed by atoms with E-state index >= 15 is 0 Å². The number of esters is 4. The number of rotatable bonds is 41. The number of nitrogens with one attached hydrogen (secondary N) is 4. The Morgan fingerprint density at radius 1 is 0.360 bits per heavy atom. The van der Waals surface area contributed by atoms with Gasteiger partial charge in [-0.3, -0.25) is 79.9 Å². The Kier molecular flexibility index (Phi) is 30.7. The second kappa shape index (κ2) is 40.6. The Morgan fingerprint density at radius 3 is 0.798 bits per heavy atom. The molecule has 0 saturated carbocycles. The third-order valence-corrected chi connectivity index (χ3v) is 20.5. The number of amides is 6. The van der Waals surface area contributed by atoms with Crippen LogP contribution in [0.15, 0.2) is 146 Å². The van der Waals surface area contributed by atoms with Crippen LogP contribution in [0.3, 0.4) is 0 Å². The van der Waals surface area contributed by atoms with Gasteiger partial charge in [-0.05, 0) is 144 Å². The van der Waals surface area contributed by atoms with E-state index < -0.39 is 201 Å². The Labute approximate surface area is 653 Å². The Bertz CT molecular complexity index is 4280. The van der Waals surface area contributed by atoms with Crippen molar-refractivity contribution in [3.8, 4) is 0 Å². The average Bonchev–Trinajstić information content (AvgIpc) is 0.738. The minimum Gasteiger partial charge on any atom is -0.459 e. The monoisotopic (exact) mass is 1620 g/mol. The van der Waals surface area contributed by atoms with Gasteiger partial charge in [0, 0.05) is 85.6 Å². The molecule has 602 valence electrons. The Balaban J connectivity index is 1.03. The first-order valence-corrected chi connectivity index (χ1v) is 37.0. The lowest BCUT2D eigenvalue weighted by atomic mass is 9.95. The van der Waals surface area contributed by atoms with Crippen LogP contribution in [0.4, 0.5) is 43.7 Å². The molecule has 40 nitrogen and oxygen atoms in total. The van der Waals surface area contributed by atoms with Crippen LogP contribution < -0.4 is 21.3 Å². The zero-order valence-electron chi connectivity index (χ0n) is 60.9. The second-order valence-corrected chi connectivity index (χ2v) is 28.7. The molecule has 0 aliphatic carbocycles. The van der Waals surface area contributed by atoms with Gasteiger partial charge in [0.2, 0.25) is 23.6 Å². The van der Waals surface area contributed by atoms with Gasteiger partial charge >= 0.3 is 36.1 Å². The Hall–Kier alpha value is -13.3. The van der Waals surface area contributed by atoms with Gasteiger partial charge in [-0.15, -0.1) is 0 Å². The van der Waals surface area contributed by atoms with Gasteiger partial charge in [0.25, 0.3) is 34.1 Å². The molecule has 2 fully saturated rings. The summed E-state index contributed by atoms with van der Waals surface area (Å²) in [6.45, 7) is 3.71. The summed E-state index contributed by atoms with van der Waals surface area (Å²) in [6.07, 6.45) is -4.40. The zero-order valence-corrected chi connectivity index (χ0v) is 62.6. The van der Waals surface area contributed by atoms with E-state index in [1.807, 2.05) is 0 Å². The number of carbonyl (C=O) groups excluding carboxylic acids is 10. The Morgan fingerprint density at radius 2 is 0.579 bits per heavy atom. The van der Waals surface area contributed by atoms with Crippen LogP contribution in [-0.2, 0) is 106 Å². The lowest BCUT2D eigenvalue weighted by Crippen LogP contribution is -2.75. The van der Waals surface area contributed by atoms with Crippen molar-refractivity contribution in [1.29, 1.82) is 0 Å². The third kappa shape index (κ3) is 24.1. The van der Waals surface area contributed by atoms with Crippen molar-refractivity contribution in [2.75, 3.05) is 0 Å². The molecule has 0 unspecified atom stereocenters. The fourth-order valence-electron chi connectivity index (χ4n) is 11.4. The molecule has 114 heavy (non-hydrogen) atoms. The number of benzene rings is 6. The number of alkyl carbamates (subject to hydrolysis) is 2. The normalized spacial score (nSPS) is 15.9. The van der Waals surface area contributed by atoms with E-state index in [0.717, 1.165) is 31.4 Å². The van der Waals surface area contributed by atoms with Crippen LogP contribution in [0.1, 0.15) is 99.6 Å². The zero-order chi connectivity index (χ0) is 83.0. The molecule has 6 amide bonds. The van der Waals surface area contributed by atoms with E-state index in [0.29, 0.717) is 33.4 Å². The molecule has 0 radical (unpaired) electrons. The van der Waals surface area contributed by atoms with Gasteiger partial charge in [0.1, 0.15) is 86.6 Å². The highest BCUT2D eigenvalue weighted by atomic mass is 33.1.